The van der Waals surface area contributed by atoms with Crippen molar-refractivity contribution in [1.82, 2.24) is 15.2 Å². The van der Waals surface area contributed by atoms with Gasteiger partial charge in [0.05, 0.1) is 30.3 Å². The van der Waals surface area contributed by atoms with Crippen molar-refractivity contribution in [1.29, 1.82) is 0 Å². The van der Waals surface area contributed by atoms with E-state index in [0.717, 1.165) is 24.5 Å². The van der Waals surface area contributed by atoms with Gasteiger partial charge in [-0.2, -0.15) is 0 Å². The number of carbonyl (C=O) groups is 1. The van der Waals surface area contributed by atoms with E-state index in [1.165, 1.54) is 18.4 Å². The van der Waals surface area contributed by atoms with Crippen LogP contribution in [0.3, 0.4) is 0 Å². The molecule has 2 aliphatic heterocycles. The molecular weight excluding hydrogens is 334 g/mol. The number of nitrogens with one attached hydrogen (secondary N) is 1. The molecule has 1 amide bonds. The van der Waals surface area contributed by atoms with Crippen LogP contribution in [0.1, 0.15) is 33.9 Å². The van der Waals surface area contributed by atoms with E-state index in [4.69, 9.17) is 4.74 Å². The molecule has 1 aromatic heterocycles. The molecule has 0 radical (unpaired) electrons. The molecular formula is C19H23N3O2S. The van der Waals surface area contributed by atoms with E-state index in [1.54, 1.807) is 11.3 Å². The Kier molecular flexibility index (Phi) is 5.10. The molecule has 0 saturated carbocycles. The lowest BCUT2D eigenvalue weighted by Gasteiger charge is -2.27. The third kappa shape index (κ3) is 3.92. The van der Waals surface area contributed by atoms with Crippen molar-refractivity contribution in [3.05, 3.63) is 52.0 Å². The van der Waals surface area contributed by atoms with Crippen molar-refractivity contribution in [3.8, 4) is 0 Å². The fourth-order valence-electron chi connectivity index (χ4n) is 3.62. The maximum absolute atomic E-state index is 12.6. The summed E-state index contributed by atoms with van der Waals surface area (Å²) in [6.45, 7) is 3.52. The number of rotatable bonds is 5. The molecule has 2 aromatic rings. The molecule has 0 aliphatic carbocycles. The molecule has 3 heterocycles. The highest BCUT2D eigenvalue weighted by molar-refractivity contribution is 7.09. The van der Waals surface area contributed by atoms with Crippen LogP contribution in [0, 0.1) is 0 Å². The van der Waals surface area contributed by atoms with Crippen LogP contribution in [0.4, 0.5) is 0 Å². The highest BCUT2D eigenvalue weighted by Crippen LogP contribution is 2.20. The standard InChI is InChI=1S/C19H23N3O2S/c23-19(21-15-11-24-12-17(15)22-8-4-5-9-22)16-13-25-18(20-16)10-14-6-2-1-3-7-14/h1-3,6-7,13,15,17H,4-5,8-12H2,(H,21,23)/t15-,17-/m0/s1. The van der Waals surface area contributed by atoms with Gasteiger partial charge in [-0.1, -0.05) is 30.3 Å². The van der Waals surface area contributed by atoms with Gasteiger partial charge in [0.2, 0.25) is 0 Å². The van der Waals surface area contributed by atoms with Crippen molar-refractivity contribution in [3.63, 3.8) is 0 Å². The van der Waals surface area contributed by atoms with Crippen LogP contribution in [-0.4, -0.2) is 54.2 Å². The second-order valence-electron chi connectivity index (χ2n) is 6.72. The normalized spacial score (nSPS) is 23.8. The summed E-state index contributed by atoms with van der Waals surface area (Å²) in [7, 11) is 0. The maximum atomic E-state index is 12.6. The second-order valence-corrected chi connectivity index (χ2v) is 7.66. The zero-order chi connectivity index (χ0) is 17.1. The van der Waals surface area contributed by atoms with E-state index < -0.39 is 0 Å². The number of aromatic nitrogens is 1. The lowest BCUT2D eigenvalue weighted by atomic mass is 10.1. The highest BCUT2D eigenvalue weighted by atomic mass is 32.1. The number of thiazole rings is 1. The molecule has 132 valence electrons. The Labute approximate surface area is 152 Å². The minimum atomic E-state index is -0.0877. The second kappa shape index (κ2) is 7.64. The van der Waals surface area contributed by atoms with Gasteiger partial charge in [-0.05, 0) is 31.5 Å². The smallest absolute Gasteiger partial charge is 0.271 e. The fourth-order valence-corrected chi connectivity index (χ4v) is 4.43. The summed E-state index contributed by atoms with van der Waals surface area (Å²) in [5.41, 5.74) is 1.73. The van der Waals surface area contributed by atoms with Crippen LogP contribution >= 0.6 is 11.3 Å². The number of likely N-dealkylation sites (tertiary alicyclic amines) is 1. The lowest BCUT2D eigenvalue weighted by molar-refractivity contribution is 0.0912. The van der Waals surface area contributed by atoms with Crippen molar-refractivity contribution < 1.29 is 9.53 Å². The molecule has 0 spiro atoms. The predicted octanol–water partition coefficient (Wildman–Crippen LogP) is 2.33. The van der Waals surface area contributed by atoms with Gasteiger partial charge in [0, 0.05) is 11.8 Å². The van der Waals surface area contributed by atoms with Crippen LogP contribution < -0.4 is 5.32 Å². The lowest BCUT2D eigenvalue weighted by Crippen LogP contribution is -2.50. The minimum Gasteiger partial charge on any atom is -0.378 e. The summed E-state index contributed by atoms with van der Waals surface area (Å²) >= 11 is 1.54. The fraction of sp³-hybridized carbons (Fsp3) is 0.474. The summed E-state index contributed by atoms with van der Waals surface area (Å²) < 4.78 is 5.63. The molecule has 1 aromatic carbocycles. The largest absolute Gasteiger partial charge is 0.378 e. The zero-order valence-electron chi connectivity index (χ0n) is 14.2. The topological polar surface area (TPSA) is 54.5 Å². The van der Waals surface area contributed by atoms with Gasteiger partial charge < -0.3 is 10.1 Å². The number of hydrogen-bond donors (Lipinski definition) is 1. The van der Waals surface area contributed by atoms with E-state index in [0.29, 0.717) is 24.9 Å². The third-order valence-electron chi connectivity index (χ3n) is 4.96. The summed E-state index contributed by atoms with van der Waals surface area (Å²) in [6.07, 6.45) is 3.25. The summed E-state index contributed by atoms with van der Waals surface area (Å²) in [5.74, 6) is -0.0877. The van der Waals surface area contributed by atoms with Crippen molar-refractivity contribution >= 4 is 17.2 Å². The van der Waals surface area contributed by atoms with Crippen LogP contribution in [0.25, 0.3) is 0 Å². The van der Waals surface area contributed by atoms with E-state index in [2.05, 4.69) is 27.3 Å². The Morgan fingerprint density at radius 1 is 1.24 bits per heavy atom. The van der Waals surface area contributed by atoms with Gasteiger partial charge in [-0.3, -0.25) is 9.69 Å². The maximum Gasteiger partial charge on any atom is 0.271 e. The SMILES string of the molecule is O=C(N[C@H]1COC[C@@H]1N1CCCC1)c1csc(Cc2ccccc2)n1. The monoisotopic (exact) mass is 357 g/mol. The zero-order valence-corrected chi connectivity index (χ0v) is 15.0. The number of amides is 1. The average Bonchev–Trinajstić information content (AvgIpc) is 3.37. The molecule has 2 atom stereocenters. The summed E-state index contributed by atoms with van der Waals surface area (Å²) in [5, 5.41) is 5.96. The van der Waals surface area contributed by atoms with E-state index in [1.807, 2.05) is 23.6 Å². The first-order valence-corrected chi connectivity index (χ1v) is 9.78. The molecule has 0 unspecified atom stereocenters. The molecule has 25 heavy (non-hydrogen) atoms. The van der Waals surface area contributed by atoms with Crippen LogP contribution in [0.5, 0.6) is 0 Å². The third-order valence-corrected chi connectivity index (χ3v) is 5.81. The molecule has 6 heteroatoms. The summed E-state index contributed by atoms with van der Waals surface area (Å²) in [6, 6.07) is 10.6. The first-order chi connectivity index (χ1) is 12.3. The Morgan fingerprint density at radius 3 is 2.84 bits per heavy atom. The first kappa shape index (κ1) is 16.7. The quantitative estimate of drug-likeness (QED) is 0.892. The molecule has 0 bridgehead atoms. The van der Waals surface area contributed by atoms with Gasteiger partial charge in [-0.25, -0.2) is 4.98 Å². The highest BCUT2D eigenvalue weighted by Gasteiger charge is 2.35. The molecule has 5 nitrogen and oxygen atoms in total. The van der Waals surface area contributed by atoms with Crippen LogP contribution in [0.2, 0.25) is 0 Å². The van der Waals surface area contributed by atoms with Gasteiger partial charge in [0.1, 0.15) is 5.69 Å². The van der Waals surface area contributed by atoms with Gasteiger partial charge in [-0.15, -0.1) is 11.3 Å². The Balaban J connectivity index is 1.38. The van der Waals surface area contributed by atoms with Crippen molar-refractivity contribution in [2.45, 2.75) is 31.3 Å². The minimum absolute atomic E-state index is 0.0601. The van der Waals surface area contributed by atoms with Gasteiger partial charge in [0.15, 0.2) is 0 Å². The Morgan fingerprint density at radius 2 is 2.04 bits per heavy atom. The Bertz CT molecular complexity index is 712. The van der Waals surface area contributed by atoms with Crippen molar-refractivity contribution in [2.24, 2.45) is 0 Å². The molecule has 2 fully saturated rings. The molecule has 1 N–H and O–H groups in total. The van der Waals surface area contributed by atoms with Crippen LogP contribution in [-0.2, 0) is 11.2 Å². The number of nitrogens with zero attached hydrogens (tertiary/aromatic N) is 2. The van der Waals surface area contributed by atoms with Gasteiger partial charge >= 0.3 is 0 Å². The van der Waals surface area contributed by atoms with E-state index in [-0.39, 0.29) is 11.9 Å². The molecule has 4 rings (SSSR count). The predicted molar refractivity (Wildman–Crippen MR) is 98.0 cm³/mol. The van der Waals surface area contributed by atoms with E-state index >= 15 is 0 Å². The molecule has 2 aliphatic rings. The Hall–Kier alpha value is -1.76. The first-order valence-electron chi connectivity index (χ1n) is 8.90. The van der Waals surface area contributed by atoms with Crippen molar-refractivity contribution in [2.75, 3.05) is 26.3 Å². The van der Waals surface area contributed by atoms with Gasteiger partial charge in [0.25, 0.3) is 5.91 Å². The number of hydrogen-bond acceptors (Lipinski definition) is 5. The number of carbonyl (C=O) groups excluding carboxylic acids is 1. The molecule has 2 saturated heterocycles. The summed E-state index contributed by atoms with van der Waals surface area (Å²) in [4.78, 5) is 19.6. The average molecular weight is 357 g/mol. The van der Waals surface area contributed by atoms with Crippen LogP contribution in [0.15, 0.2) is 35.7 Å². The number of ether oxygens (including phenoxy) is 1. The van der Waals surface area contributed by atoms with E-state index in [9.17, 15) is 4.79 Å². The number of benzene rings is 1.